The molecule has 6 nitrogen and oxygen atoms in total. The molecule has 0 aromatic heterocycles. The molecule has 1 amide bonds. The molecule has 0 spiro atoms. The minimum atomic E-state index is -3.96. The van der Waals surface area contributed by atoms with Crippen LogP contribution in [0.5, 0.6) is 0 Å². The van der Waals surface area contributed by atoms with Gasteiger partial charge < -0.3 is 10.4 Å². The fourth-order valence-electron chi connectivity index (χ4n) is 3.86. The molecule has 0 radical (unpaired) electrons. The Morgan fingerprint density at radius 1 is 1.06 bits per heavy atom. The first-order valence-electron chi connectivity index (χ1n) is 10.5. The number of carbonyl (C=O) groups excluding carboxylic acids is 1. The Morgan fingerprint density at radius 2 is 1.77 bits per heavy atom. The van der Waals surface area contributed by atoms with Gasteiger partial charge in [0, 0.05) is 16.1 Å². The Labute approximate surface area is 192 Å². The van der Waals surface area contributed by atoms with Gasteiger partial charge in [0.2, 0.25) is 5.91 Å². The van der Waals surface area contributed by atoms with Crippen molar-refractivity contribution in [2.24, 2.45) is 5.92 Å². The summed E-state index contributed by atoms with van der Waals surface area (Å²) in [6.07, 6.45) is 1.31. The van der Waals surface area contributed by atoms with Gasteiger partial charge in [-0.05, 0) is 77.4 Å². The van der Waals surface area contributed by atoms with Crippen LogP contribution in [-0.4, -0.2) is 31.6 Å². The second kappa shape index (κ2) is 10.1. The van der Waals surface area contributed by atoms with E-state index in [-0.39, 0.29) is 10.9 Å². The second-order valence-corrected chi connectivity index (χ2v) is 10.9. The Hall–Kier alpha value is -1.90. The Morgan fingerprint density at radius 3 is 2.48 bits per heavy atom. The molecule has 31 heavy (non-hydrogen) atoms. The molecular formula is C23H29BrN2O4S. The predicted molar refractivity (Wildman–Crippen MR) is 125 cm³/mol. The van der Waals surface area contributed by atoms with Gasteiger partial charge in [-0.25, -0.2) is 13.1 Å². The fourth-order valence-corrected chi connectivity index (χ4v) is 5.90. The number of nitrogens with one attached hydrogen (secondary N) is 2. The molecule has 3 atom stereocenters. The van der Waals surface area contributed by atoms with E-state index < -0.39 is 28.0 Å². The van der Waals surface area contributed by atoms with Gasteiger partial charge >= 0.3 is 0 Å². The highest BCUT2D eigenvalue weighted by Gasteiger charge is 2.31. The van der Waals surface area contributed by atoms with Crippen LogP contribution in [0.4, 0.5) is 5.69 Å². The maximum absolute atomic E-state index is 12.7. The largest absolute Gasteiger partial charge is 0.391 e. The van der Waals surface area contributed by atoms with Crippen LogP contribution in [0.15, 0.2) is 57.9 Å². The summed E-state index contributed by atoms with van der Waals surface area (Å²) in [5, 5.41) is 14.0. The van der Waals surface area contributed by atoms with Crippen molar-refractivity contribution in [3.63, 3.8) is 0 Å². The van der Waals surface area contributed by atoms with Crippen molar-refractivity contribution in [1.82, 2.24) is 4.72 Å². The van der Waals surface area contributed by atoms with E-state index in [9.17, 15) is 18.3 Å². The van der Waals surface area contributed by atoms with Gasteiger partial charge in [-0.1, -0.05) is 38.1 Å². The smallest absolute Gasteiger partial charge is 0.265 e. The molecule has 0 aliphatic heterocycles. The molecule has 168 valence electrons. The van der Waals surface area contributed by atoms with Crippen LogP contribution in [0.25, 0.3) is 0 Å². The average molecular weight is 509 g/mol. The number of aliphatic hydroxyl groups excluding tert-OH is 1. The second-order valence-electron chi connectivity index (χ2n) is 8.35. The lowest BCUT2D eigenvalue weighted by Gasteiger charge is -2.23. The first-order chi connectivity index (χ1) is 14.7. The number of hydrogen-bond acceptors (Lipinski definition) is 5. The number of benzene rings is 2. The number of carbonyl (C=O) groups is 1. The molecular weight excluding hydrogens is 480 g/mol. The van der Waals surface area contributed by atoms with E-state index >= 15 is 0 Å². The van der Waals surface area contributed by atoms with Gasteiger partial charge in [0.15, 0.2) is 0 Å². The summed E-state index contributed by atoms with van der Waals surface area (Å²) < 4.78 is 27.9. The molecule has 0 unspecified atom stereocenters. The van der Waals surface area contributed by atoms with Crippen LogP contribution in [0.3, 0.4) is 0 Å². The van der Waals surface area contributed by atoms with Crippen molar-refractivity contribution in [2.45, 2.75) is 62.5 Å². The van der Waals surface area contributed by atoms with E-state index in [1.807, 2.05) is 12.1 Å². The van der Waals surface area contributed by atoms with Crippen LogP contribution in [0, 0.1) is 5.92 Å². The number of sulfonamides is 1. The topological polar surface area (TPSA) is 95.5 Å². The van der Waals surface area contributed by atoms with Crippen LogP contribution >= 0.6 is 15.9 Å². The quantitative estimate of drug-likeness (QED) is 0.502. The SMILES string of the molecule is CC(C)c1cccc(N[C@H]2CC[C@@H](C(=O)NS(=O)(=O)c3ccccc3Br)CC[C@@H]2O)c1. The van der Waals surface area contributed by atoms with E-state index in [1.165, 1.54) is 11.6 Å². The third-order valence-electron chi connectivity index (χ3n) is 5.74. The molecule has 1 fully saturated rings. The van der Waals surface area contributed by atoms with E-state index in [0.717, 1.165) is 5.69 Å². The summed E-state index contributed by atoms with van der Waals surface area (Å²) in [5.41, 5.74) is 2.15. The third-order valence-corrected chi connectivity index (χ3v) is 8.10. The number of amides is 1. The minimum Gasteiger partial charge on any atom is -0.391 e. The van der Waals surface area contributed by atoms with E-state index in [2.05, 4.69) is 51.9 Å². The molecule has 0 saturated heterocycles. The van der Waals surface area contributed by atoms with Crippen molar-refractivity contribution in [3.8, 4) is 0 Å². The molecule has 0 bridgehead atoms. The zero-order valence-corrected chi connectivity index (χ0v) is 20.1. The van der Waals surface area contributed by atoms with Crippen LogP contribution < -0.4 is 10.0 Å². The summed E-state index contributed by atoms with van der Waals surface area (Å²) in [6, 6.07) is 14.3. The molecule has 3 N–H and O–H groups in total. The molecule has 8 heteroatoms. The van der Waals surface area contributed by atoms with Crippen LogP contribution in [0.1, 0.15) is 51.0 Å². The number of halogens is 1. The lowest BCUT2D eigenvalue weighted by molar-refractivity contribution is -0.123. The van der Waals surface area contributed by atoms with Crippen molar-refractivity contribution < 1.29 is 18.3 Å². The summed E-state index contributed by atoms with van der Waals surface area (Å²) >= 11 is 3.22. The number of hydrogen-bond donors (Lipinski definition) is 3. The predicted octanol–water partition coefficient (Wildman–Crippen LogP) is 4.41. The first-order valence-corrected chi connectivity index (χ1v) is 12.8. The summed E-state index contributed by atoms with van der Waals surface area (Å²) in [4.78, 5) is 12.8. The lowest BCUT2D eigenvalue weighted by Crippen LogP contribution is -2.35. The summed E-state index contributed by atoms with van der Waals surface area (Å²) in [6.45, 7) is 4.26. The van der Waals surface area contributed by atoms with Crippen LogP contribution in [-0.2, 0) is 14.8 Å². The molecule has 1 saturated carbocycles. The highest BCUT2D eigenvalue weighted by Crippen LogP contribution is 2.28. The van der Waals surface area contributed by atoms with Crippen molar-refractivity contribution in [1.29, 1.82) is 0 Å². The van der Waals surface area contributed by atoms with Gasteiger partial charge in [0.25, 0.3) is 10.0 Å². The van der Waals surface area contributed by atoms with Crippen molar-refractivity contribution in [2.75, 3.05) is 5.32 Å². The van der Waals surface area contributed by atoms with Gasteiger partial charge in [0.1, 0.15) is 4.90 Å². The normalized spacial score (nSPS) is 22.0. The van der Waals surface area contributed by atoms with Gasteiger partial charge in [-0.2, -0.15) is 0 Å². The summed E-state index contributed by atoms with van der Waals surface area (Å²) in [7, 11) is -3.96. The molecule has 2 aromatic rings. The molecule has 1 aliphatic carbocycles. The number of rotatable bonds is 6. The molecule has 0 heterocycles. The Bertz CT molecular complexity index is 1030. The maximum Gasteiger partial charge on any atom is 0.265 e. The zero-order chi connectivity index (χ0) is 22.6. The first kappa shape index (κ1) is 23.8. The summed E-state index contributed by atoms with van der Waals surface area (Å²) in [5.74, 6) is -0.591. The standard InChI is InChI=1S/C23H29BrN2O4S/c1-15(2)17-6-5-7-18(14-17)25-20-12-10-16(11-13-21(20)27)23(28)26-31(29,30)22-9-4-3-8-19(22)24/h3-9,14-16,20-21,25,27H,10-13H2,1-2H3,(H,26,28)/t16-,20+,21+/m1/s1. The molecule has 3 rings (SSSR count). The lowest BCUT2D eigenvalue weighted by atomic mass is 9.99. The van der Waals surface area contributed by atoms with Crippen molar-refractivity contribution in [3.05, 3.63) is 58.6 Å². The number of anilines is 1. The minimum absolute atomic E-state index is 0.0292. The highest BCUT2D eigenvalue weighted by molar-refractivity contribution is 9.10. The Kier molecular flexibility index (Phi) is 7.78. The zero-order valence-electron chi connectivity index (χ0n) is 17.7. The Balaban J connectivity index is 1.65. The van der Waals surface area contributed by atoms with Gasteiger partial charge in [0.05, 0.1) is 12.1 Å². The van der Waals surface area contributed by atoms with E-state index in [4.69, 9.17) is 0 Å². The van der Waals surface area contributed by atoms with E-state index in [1.54, 1.807) is 18.2 Å². The van der Waals surface area contributed by atoms with E-state index in [0.29, 0.717) is 36.1 Å². The average Bonchev–Trinajstić information content (AvgIpc) is 2.90. The van der Waals surface area contributed by atoms with Gasteiger partial charge in [-0.3, -0.25) is 4.79 Å². The fraction of sp³-hybridized carbons (Fsp3) is 0.435. The van der Waals surface area contributed by atoms with Gasteiger partial charge in [-0.15, -0.1) is 0 Å². The molecule has 2 aromatic carbocycles. The maximum atomic E-state index is 12.7. The van der Waals surface area contributed by atoms with Crippen LogP contribution in [0.2, 0.25) is 0 Å². The van der Waals surface area contributed by atoms with Crippen molar-refractivity contribution >= 4 is 37.5 Å². The third kappa shape index (κ3) is 6.08. The number of aliphatic hydroxyl groups is 1. The monoisotopic (exact) mass is 508 g/mol. The molecule has 1 aliphatic rings. The highest BCUT2D eigenvalue weighted by atomic mass is 79.9.